The summed E-state index contributed by atoms with van der Waals surface area (Å²) < 4.78 is 5.42. The summed E-state index contributed by atoms with van der Waals surface area (Å²) in [4.78, 5) is 0. The largest absolute Gasteiger partial charge is 0.357 e. The van der Waals surface area contributed by atoms with Crippen molar-refractivity contribution in [3.63, 3.8) is 0 Å². The monoisotopic (exact) mass is 363 g/mol. The molecule has 0 atom stereocenters. The van der Waals surface area contributed by atoms with Crippen molar-refractivity contribution in [2.24, 2.45) is 5.92 Å². The fourth-order valence-electron chi connectivity index (χ4n) is 5.17. The second-order valence-electron chi connectivity index (χ2n) is 9.89. The van der Waals surface area contributed by atoms with Crippen molar-refractivity contribution >= 4 is 11.6 Å². The fraction of sp³-hybridized carbons (Fsp3) is 0.560. The molecule has 0 amide bonds. The molecule has 0 radical (unpaired) electrons. The van der Waals surface area contributed by atoms with Gasteiger partial charge in [-0.15, -0.1) is 0 Å². The lowest BCUT2D eigenvalue weighted by atomic mass is 9.82. The molecule has 2 heteroatoms. The predicted octanol–water partition coefficient (Wildman–Crippen LogP) is 6.93. The van der Waals surface area contributed by atoms with Crippen molar-refractivity contribution in [2.75, 3.05) is 0 Å². The van der Waals surface area contributed by atoms with Crippen molar-refractivity contribution in [1.29, 1.82) is 0 Å². The molecular formula is C25H33NO. The Morgan fingerprint density at radius 2 is 1.85 bits per heavy atom. The zero-order valence-corrected chi connectivity index (χ0v) is 17.6. The maximum absolute atomic E-state index is 5.42. The smallest absolute Gasteiger partial charge is 0.159 e. The van der Waals surface area contributed by atoms with Gasteiger partial charge >= 0.3 is 0 Å². The summed E-state index contributed by atoms with van der Waals surface area (Å²) in [5.74, 6) is 1.55. The molecule has 1 fully saturated rings. The van der Waals surface area contributed by atoms with Crippen LogP contribution in [0.3, 0.4) is 0 Å². The average Bonchev–Trinajstić information content (AvgIpc) is 3.27. The molecular weight excluding hydrogens is 330 g/mol. The Hall–Kier alpha value is -1.83. The van der Waals surface area contributed by atoms with E-state index >= 15 is 0 Å². The van der Waals surface area contributed by atoms with E-state index in [0.29, 0.717) is 5.92 Å². The summed E-state index contributed by atoms with van der Waals surface area (Å²) in [5, 5.41) is 3.90. The molecule has 0 bridgehead atoms. The summed E-state index contributed by atoms with van der Waals surface area (Å²) in [6.45, 7) is 11.9. The summed E-state index contributed by atoms with van der Waals surface area (Å²) in [6.07, 6.45) is 11.4. The number of hydrogen-bond acceptors (Lipinski definition) is 2. The second-order valence-corrected chi connectivity index (χ2v) is 9.89. The van der Waals surface area contributed by atoms with Gasteiger partial charge in [-0.25, -0.2) is 0 Å². The summed E-state index contributed by atoms with van der Waals surface area (Å²) in [5.41, 5.74) is 8.06. The van der Waals surface area contributed by atoms with Crippen molar-refractivity contribution in [2.45, 2.75) is 84.0 Å². The van der Waals surface area contributed by atoms with Crippen LogP contribution in [0.25, 0.3) is 11.6 Å². The lowest BCUT2D eigenvalue weighted by molar-refractivity contribution is 0.403. The van der Waals surface area contributed by atoms with Gasteiger partial charge in [0, 0.05) is 6.07 Å². The molecule has 27 heavy (non-hydrogen) atoms. The molecule has 4 rings (SSSR count). The minimum atomic E-state index is 0.234. The van der Waals surface area contributed by atoms with E-state index in [-0.39, 0.29) is 10.8 Å². The van der Waals surface area contributed by atoms with Gasteiger partial charge in [0.2, 0.25) is 0 Å². The maximum Gasteiger partial charge on any atom is 0.159 e. The van der Waals surface area contributed by atoms with E-state index in [0.717, 1.165) is 12.2 Å². The van der Waals surface area contributed by atoms with E-state index in [1.807, 2.05) is 6.07 Å². The van der Waals surface area contributed by atoms with Gasteiger partial charge in [-0.1, -0.05) is 58.3 Å². The Morgan fingerprint density at radius 3 is 2.44 bits per heavy atom. The second kappa shape index (κ2) is 6.65. The highest BCUT2D eigenvalue weighted by Gasteiger charge is 2.42. The van der Waals surface area contributed by atoms with E-state index in [4.69, 9.17) is 4.52 Å². The first-order chi connectivity index (χ1) is 12.8. The standard InChI is InChI=1S/C25H33NO/c1-6-7-8-18-13-22-23(25(4,5)16-24(22,2)3)15-21(18)20(17-9-10-17)14-19-11-12-26-27-19/h11-15,17H,6-10,16H2,1-5H3. The van der Waals surface area contributed by atoms with Crippen LogP contribution in [-0.4, -0.2) is 5.16 Å². The molecule has 0 unspecified atom stereocenters. The van der Waals surface area contributed by atoms with E-state index < -0.39 is 0 Å². The third-order valence-electron chi connectivity index (χ3n) is 6.47. The van der Waals surface area contributed by atoms with Crippen LogP contribution >= 0.6 is 0 Å². The predicted molar refractivity (Wildman–Crippen MR) is 113 cm³/mol. The van der Waals surface area contributed by atoms with Crippen LogP contribution in [0, 0.1) is 5.92 Å². The van der Waals surface area contributed by atoms with Crippen molar-refractivity contribution in [3.05, 3.63) is 52.4 Å². The lowest BCUT2D eigenvalue weighted by Crippen LogP contribution is -2.18. The number of fused-ring (bicyclic) bond motifs is 1. The molecule has 0 spiro atoms. The number of aromatic nitrogens is 1. The molecule has 144 valence electrons. The normalized spacial score (nSPS) is 20.7. The fourth-order valence-corrected chi connectivity index (χ4v) is 5.17. The Balaban J connectivity index is 1.88. The Morgan fingerprint density at radius 1 is 1.15 bits per heavy atom. The number of rotatable bonds is 6. The molecule has 2 aromatic rings. The molecule has 0 saturated heterocycles. The summed E-state index contributed by atoms with van der Waals surface area (Å²) in [6, 6.07) is 7.05. The van der Waals surface area contributed by atoms with Gasteiger partial charge in [0.15, 0.2) is 5.76 Å². The first kappa shape index (κ1) is 18.5. The van der Waals surface area contributed by atoms with Gasteiger partial charge < -0.3 is 4.52 Å². The van der Waals surface area contributed by atoms with Gasteiger partial charge in [-0.3, -0.25) is 0 Å². The van der Waals surface area contributed by atoms with Crippen LogP contribution in [0.5, 0.6) is 0 Å². The number of aryl methyl sites for hydroxylation is 1. The van der Waals surface area contributed by atoms with Crippen molar-refractivity contribution < 1.29 is 4.52 Å². The molecule has 1 aromatic carbocycles. The Labute approximate surface area is 164 Å². The van der Waals surface area contributed by atoms with Gasteiger partial charge in [-0.05, 0) is 82.8 Å². The highest BCUT2D eigenvalue weighted by Crippen LogP contribution is 2.52. The van der Waals surface area contributed by atoms with Crippen LogP contribution in [0.4, 0.5) is 0 Å². The number of unbranched alkanes of at least 4 members (excludes halogenated alkanes) is 1. The van der Waals surface area contributed by atoms with Crippen molar-refractivity contribution in [3.8, 4) is 0 Å². The maximum atomic E-state index is 5.42. The SMILES string of the molecule is CCCCc1cc2c(cc1C(=Cc1ccno1)C1CC1)C(C)(C)CC2(C)C. The quantitative estimate of drug-likeness (QED) is 0.556. The number of nitrogens with zero attached hydrogens (tertiary/aromatic N) is 1. The van der Waals surface area contributed by atoms with Crippen LogP contribution in [0.1, 0.15) is 94.7 Å². The van der Waals surface area contributed by atoms with E-state index in [1.165, 1.54) is 48.8 Å². The highest BCUT2D eigenvalue weighted by atomic mass is 16.5. The van der Waals surface area contributed by atoms with Crippen LogP contribution in [0.15, 0.2) is 28.9 Å². The minimum absolute atomic E-state index is 0.234. The minimum Gasteiger partial charge on any atom is -0.357 e. The van der Waals surface area contributed by atoms with E-state index in [1.54, 1.807) is 17.3 Å². The zero-order valence-electron chi connectivity index (χ0n) is 17.6. The lowest BCUT2D eigenvalue weighted by Gasteiger charge is -2.22. The van der Waals surface area contributed by atoms with Crippen LogP contribution in [0.2, 0.25) is 0 Å². The van der Waals surface area contributed by atoms with E-state index in [9.17, 15) is 0 Å². The third-order valence-corrected chi connectivity index (χ3v) is 6.47. The molecule has 1 heterocycles. The topological polar surface area (TPSA) is 26.0 Å². The first-order valence-corrected chi connectivity index (χ1v) is 10.6. The molecule has 0 N–H and O–H groups in total. The molecule has 0 aliphatic heterocycles. The van der Waals surface area contributed by atoms with E-state index in [2.05, 4.69) is 58.0 Å². The van der Waals surface area contributed by atoms with Crippen LogP contribution in [-0.2, 0) is 17.3 Å². The first-order valence-electron chi connectivity index (χ1n) is 10.6. The average molecular weight is 364 g/mol. The molecule has 2 aliphatic rings. The molecule has 2 nitrogen and oxygen atoms in total. The van der Waals surface area contributed by atoms with Crippen LogP contribution < -0.4 is 0 Å². The van der Waals surface area contributed by atoms with Gasteiger partial charge in [-0.2, -0.15) is 0 Å². The number of allylic oxidation sites excluding steroid dienone is 1. The zero-order chi connectivity index (χ0) is 19.2. The van der Waals surface area contributed by atoms with Gasteiger partial charge in [0.05, 0.1) is 6.20 Å². The molecule has 1 aromatic heterocycles. The van der Waals surface area contributed by atoms with Crippen molar-refractivity contribution in [1.82, 2.24) is 5.16 Å². The summed E-state index contributed by atoms with van der Waals surface area (Å²) >= 11 is 0. The Bertz CT molecular complexity index is 851. The molecule has 2 aliphatic carbocycles. The Kier molecular flexibility index (Phi) is 4.56. The third kappa shape index (κ3) is 3.51. The van der Waals surface area contributed by atoms with Gasteiger partial charge in [0.1, 0.15) is 0 Å². The highest BCUT2D eigenvalue weighted by molar-refractivity contribution is 5.85. The number of hydrogen-bond donors (Lipinski definition) is 0. The van der Waals surface area contributed by atoms with Gasteiger partial charge in [0.25, 0.3) is 0 Å². The molecule has 1 saturated carbocycles. The number of benzene rings is 1. The summed E-state index contributed by atoms with van der Waals surface area (Å²) in [7, 11) is 0.